The molecule has 190 valence electrons. The smallest absolute Gasteiger partial charge is 0.254 e. The van der Waals surface area contributed by atoms with Gasteiger partial charge in [0.1, 0.15) is 22.2 Å². The van der Waals surface area contributed by atoms with Gasteiger partial charge in [0.2, 0.25) is 0 Å². The summed E-state index contributed by atoms with van der Waals surface area (Å²) in [5.41, 5.74) is 3.45. The third kappa shape index (κ3) is 4.92. The number of aromatic nitrogens is 2. The first-order valence-corrected chi connectivity index (χ1v) is 14.0. The van der Waals surface area contributed by atoms with Crippen LogP contribution in [0.1, 0.15) is 45.0 Å². The van der Waals surface area contributed by atoms with Crippen molar-refractivity contribution in [2.45, 2.75) is 38.5 Å². The Morgan fingerprint density at radius 1 is 0.946 bits per heavy atom. The summed E-state index contributed by atoms with van der Waals surface area (Å²) in [4.78, 5) is 30.4. The number of ether oxygens (including phenoxy) is 1. The lowest BCUT2D eigenvalue weighted by atomic mass is 9.96. The Hall–Kier alpha value is -3.45. The monoisotopic (exact) mass is 512 g/mol. The molecule has 2 aromatic heterocycles. The number of hydrogen-bond donors (Lipinski definition) is 0. The molecular formula is C30H32N4O2S. The SMILES string of the molecule is COc1cccc(C(=O)N2CCN(c3nc(CCc4ccccc4)nc4sc5c(c34)CCCC5)CC2)c1. The average Bonchev–Trinajstić information content (AvgIpc) is 3.34. The van der Waals surface area contributed by atoms with Crippen molar-refractivity contribution in [2.75, 3.05) is 38.2 Å². The van der Waals surface area contributed by atoms with E-state index in [1.54, 1.807) is 7.11 Å². The predicted molar refractivity (Wildman–Crippen MR) is 149 cm³/mol. The summed E-state index contributed by atoms with van der Waals surface area (Å²) in [6.45, 7) is 2.88. The van der Waals surface area contributed by atoms with E-state index in [1.807, 2.05) is 40.5 Å². The van der Waals surface area contributed by atoms with Crippen molar-refractivity contribution in [1.29, 1.82) is 0 Å². The zero-order valence-corrected chi connectivity index (χ0v) is 22.1. The fourth-order valence-corrected chi connectivity index (χ4v) is 6.76. The van der Waals surface area contributed by atoms with Crippen LogP contribution in [-0.2, 0) is 25.7 Å². The molecule has 2 aliphatic rings. The van der Waals surface area contributed by atoms with Crippen molar-refractivity contribution in [3.05, 3.63) is 82.0 Å². The number of hydrogen-bond acceptors (Lipinski definition) is 6. The van der Waals surface area contributed by atoms with Crippen LogP contribution < -0.4 is 9.64 Å². The maximum absolute atomic E-state index is 13.2. The molecule has 0 spiro atoms. The lowest BCUT2D eigenvalue weighted by Gasteiger charge is -2.36. The van der Waals surface area contributed by atoms with E-state index in [4.69, 9.17) is 14.7 Å². The highest BCUT2D eigenvalue weighted by Crippen LogP contribution is 2.40. The number of fused-ring (bicyclic) bond motifs is 3. The first-order chi connectivity index (χ1) is 18.2. The molecule has 7 heteroatoms. The van der Waals surface area contributed by atoms with Gasteiger partial charge in [-0.3, -0.25) is 4.79 Å². The van der Waals surface area contributed by atoms with E-state index in [0.29, 0.717) is 24.4 Å². The van der Waals surface area contributed by atoms with Gasteiger partial charge in [0.05, 0.1) is 12.5 Å². The Morgan fingerprint density at radius 2 is 1.76 bits per heavy atom. The van der Waals surface area contributed by atoms with Gasteiger partial charge in [-0.15, -0.1) is 11.3 Å². The Labute approximate surface area is 221 Å². The molecule has 6 nitrogen and oxygen atoms in total. The molecule has 1 fully saturated rings. The van der Waals surface area contributed by atoms with Gasteiger partial charge in [-0.1, -0.05) is 36.4 Å². The molecule has 1 amide bonds. The molecule has 0 atom stereocenters. The number of piperazine rings is 1. The van der Waals surface area contributed by atoms with Crippen LogP contribution in [0, 0.1) is 0 Å². The highest BCUT2D eigenvalue weighted by atomic mass is 32.1. The molecule has 1 saturated heterocycles. The summed E-state index contributed by atoms with van der Waals surface area (Å²) in [6.07, 6.45) is 6.51. The van der Waals surface area contributed by atoms with E-state index in [2.05, 4.69) is 35.2 Å². The maximum atomic E-state index is 13.2. The minimum atomic E-state index is 0.0582. The number of carbonyl (C=O) groups excluding carboxylic acids is 1. The second-order valence-corrected chi connectivity index (χ2v) is 10.9. The van der Waals surface area contributed by atoms with Gasteiger partial charge in [0.25, 0.3) is 5.91 Å². The fraction of sp³-hybridized carbons (Fsp3) is 0.367. The molecule has 0 unspecified atom stereocenters. The van der Waals surface area contributed by atoms with Crippen molar-refractivity contribution >= 4 is 33.3 Å². The van der Waals surface area contributed by atoms with Crippen molar-refractivity contribution in [2.24, 2.45) is 0 Å². The van der Waals surface area contributed by atoms with Crippen LogP contribution in [0.3, 0.4) is 0 Å². The largest absolute Gasteiger partial charge is 0.497 e. The van der Waals surface area contributed by atoms with Crippen LogP contribution in [-0.4, -0.2) is 54.1 Å². The molecule has 37 heavy (non-hydrogen) atoms. The zero-order valence-electron chi connectivity index (χ0n) is 21.3. The molecule has 1 aliphatic carbocycles. The molecule has 1 aliphatic heterocycles. The van der Waals surface area contributed by atoms with Crippen LogP contribution in [0.5, 0.6) is 5.75 Å². The molecule has 0 bridgehead atoms. The van der Waals surface area contributed by atoms with Crippen LogP contribution >= 0.6 is 11.3 Å². The molecule has 0 radical (unpaired) electrons. The van der Waals surface area contributed by atoms with Gasteiger partial charge in [0, 0.05) is 43.0 Å². The zero-order chi connectivity index (χ0) is 25.2. The lowest BCUT2D eigenvalue weighted by molar-refractivity contribution is 0.0746. The van der Waals surface area contributed by atoms with Crippen molar-refractivity contribution in [3.63, 3.8) is 0 Å². The van der Waals surface area contributed by atoms with E-state index in [9.17, 15) is 4.79 Å². The quantitative estimate of drug-likeness (QED) is 0.350. The van der Waals surface area contributed by atoms with Crippen LogP contribution in [0.4, 0.5) is 5.82 Å². The molecule has 6 rings (SSSR count). The molecule has 4 aromatic rings. The number of anilines is 1. The van der Waals surface area contributed by atoms with Gasteiger partial charge >= 0.3 is 0 Å². The summed E-state index contributed by atoms with van der Waals surface area (Å²) >= 11 is 1.87. The Bertz CT molecular complexity index is 1410. The Morgan fingerprint density at radius 3 is 2.57 bits per heavy atom. The number of benzene rings is 2. The van der Waals surface area contributed by atoms with E-state index in [-0.39, 0.29) is 5.91 Å². The minimum absolute atomic E-state index is 0.0582. The average molecular weight is 513 g/mol. The van der Waals surface area contributed by atoms with Crippen LogP contribution in [0.25, 0.3) is 10.2 Å². The van der Waals surface area contributed by atoms with Gasteiger partial charge in [0.15, 0.2) is 0 Å². The van der Waals surface area contributed by atoms with Gasteiger partial charge in [-0.05, 0) is 61.4 Å². The molecule has 3 heterocycles. The van der Waals surface area contributed by atoms with Gasteiger partial charge in [-0.25, -0.2) is 9.97 Å². The van der Waals surface area contributed by atoms with Gasteiger partial charge in [-0.2, -0.15) is 0 Å². The summed E-state index contributed by atoms with van der Waals surface area (Å²) in [7, 11) is 1.63. The van der Waals surface area contributed by atoms with Crippen LogP contribution in [0.2, 0.25) is 0 Å². The van der Waals surface area contributed by atoms with E-state index >= 15 is 0 Å². The summed E-state index contributed by atoms with van der Waals surface area (Å²) in [5, 5.41) is 1.26. The van der Waals surface area contributed by atoms with E-state index < -0.39 is 0 Å². The van der Waals surface area contributed by atoms with Crippen molar-refractivity contribution in [1.82, 2.24) is 14.9 Å². The highest BCUT2D eigenvalue weighted by molar-refractivity contribution is 7.19. The molecule has 0 N–H and O–H groups in total. The lowest BCUT2D eigenvalue weighted by Crippen LogP contribution is -2.49. The number of aryl methyl sites for hydroxylation is 4. The van der Waals surface area contributed by atoms with E-state index in [1.165, 1.54) is 34.2 Å². The minimum Gasteiger partial charge on any atom is -0.497 e. The second kappa shape index (κ2) is 10.5. The number of nitrogens with zero attached hydrogens (tertiary/aromatic N) is 4. The number of rotatable bonds is 6. The highest BCUT2D eigenvalue weighted by Gasteiger charge is 2.28. The summed E-state index contributed by atoms with van der Waals surface area (Å²) in [6, 6.07) is 18.0. The topological polar surface area (TPSA) is 58.6 Å². The summed E-state index contributed by atoms with van der Waals surface area (Å²) in [5.74, 6) is 2.75. The normalized spacial score (nSPS) is 15.6. The van der Waals surface area contributed by atoms with E-state index in [0.717, 1.165) is 55.2 Å². The first-order valence-electron chi connectivity index (χ1n) is 13.2. The number of methoxy groups -OCH3 is 1. The Kier molecular flexibility index (Phi) is 6.79. The maximum Gasteiger partial charge on any atom is 0.254 e. The molecule has 2 aromatic carbocycles. The number of carbonyl (C=O) groups is 1. The van der Waals surface area contributed by atoms with Crippen molar-refractivity contribution in [3.8, 4) is 5.75 Å². The fourth-order valence-electron chi connectivity index (χ4n) is 5.48. The second-order valence-electron chi connectivity index (χ2n) is 9.85. The molecule has 0 saturated carbocycles. The van der Waals surface area contributed by atoms with Crippen LogP contribution in [0.15, 0.2) is 54.6 Å². The van der Waals surface area contributed by atoms with Gasteiger partial charge < -0.3 is 14.5 Å². The van der Waals surface area contributed by atoms with Crippen molar-refractivity contribution < 1.29 is 9.53 Å². The first kappa shape index (κ1) is 23.9. The summed E-state index contributed by atoms with van der Waals surface area (Å²) < 4.78 is 5.31. The predicted octanol–water partition coefficient (Wildman–Crippen LogP) is 5.33. The standard InChI is InChI=1S/C30H32N4O2S/c1-36-23-11-7-10-22(20-23)30(35)34-18-16-33(17-19-34)28-27-24-12-5-6-13-25(24)37-29(27)32-26(31-28)15-14-21-8-3-2-4-9-21/h2-4,7-11,20H,5-6,12-19H2,1H3. The Balaban J connectivity index is 1.26. The molecular weight excluding hydrogens is 480 g/mol. The third-order valence-electron chi connectivity index (χ3n) is 7.51. The third-order valence-corrected chi connectivity index (χ3v) is 8.69. The number of thiophene rings is 1. The number of amides is 1.